The zero-order chi connectivity index (χ0) is 9.68. The monoisotopic (exact) mass is 212 g/mol. The van der Waals surface area contributed by atoms with Crippen molar-refractivity contribution in [2.75, 3.05) is 0 Å². The Morgan fingerprint density at radius 2 is 1.92 bits per heavy atom. The maximum atomic E-state index is 3.36. The minimum absolute atomic E-state index is 0.929. The Morgan fingerprint density at radius 1 is 1.31 bits per heavy atom. The number of hydrogen-bond acceptors (Lipinski definition) is 1. The predicted octanol–water partition coefficient (Wildman–Crippen LogP) is 2.17. The van der Waals surface area contributed by atoms with Gasteiger partial charge in [0.25, 0.3) is 0 Å². The first-order chi connectivity index (χ1) is 6.22. The molecule has 1 N–H and O–H groups in total. The van der Waals surface area contributed by atoms with E-state index in [0.29, 0.717) is 0 Å². The molecule has 69 valence electrons. The molecular formula is C11H15NV. The van der Waals surface area contributed by atoms with Gasteiger partial charge in [-0.05, 0) is 0 Å². The fourth-order valence-corrected chi connectivity index (χ4v) is 1.16. The molecule has 13 heavy (non-hydrogen) atoms. The van der Waals surface area contributed by atoms with Crippen LogP contribution in [-0.2, 0) is 23.5 Å². The van der Waals surface area contributed by atoms with Gasteiger partial charge in [0, 0.05) is 0 Å². The van der Waals surface area contributed by atoms with E-state index in [1.54, 1.807) is 0 Å². The molecule has 0 amide bonds. The summed E-state index contributed by atoms with van der Waals surface area (Å²) in [5, 5.41) is 3.36. The number of rotatable bonds is 4. The molecule has 1 nitrogen and oxygen atoms in total. The van der Waals surface area contributed by atoms with Gasteiger partial charge < -0.3 is 0 Å². The van der Waals surface area contributed by atoms with Crippen molar-refractivity contribution < 1.29 is 17.0 Å². The van der Waals surface area contributed by atoms with Crippen LogP contribution in [0.25, 0.3) is 0 Å². The van der Waals surface area contributed by atoms with Crippen molar-refractivity contribution in [3.05, 3.63) is 35.4 Å². The average Bonchev–Trinajstić information content (AvgIpc) is 2.16. The van der Waals surface area contributed by atoms with Crippen LogP contribution in [0, 0.1) is 6.92 Å². The molecule has 0 aliphatic rings. The molecule has 0 radical (unpaired) electrons. The Balaban J connectivity index is 2.46. The third-order valence-electron chi connectivity index (χ3n) is 1.95. The van der Waals surface area contributed by atoms with Gasteiger partial charge in [0.05, 0.1) is 0 Å². The summed E-state index contributed by atoms with van der Waals surface area (Å²) < 4.78 is 1.29. The molecule has 0 saturated carbocycles. The Labute approximate surface area is 89.0 Å². The zero-order valence-electron chi connectivity index (χ0n) is 8.17. The topological polar surface area (TPSA) is 12.0 Å². The fraction of sp³-hybridized carbons (Fsp3) is 0.364. The van der Waals surface area contributed by atoms with Crippen molar-refractivity contribution in [3.63, 3.8) is 0 Å². The van der Waals surface area contributed by atoms with Crippen molar-refractivity contribution in [3.8, 4) is 0 Å². The zero-order valence-corrected chi connectivity index (χ0v) is 9.57. The normalized spacial score (nSPS) is 9.92. The summed E-state index contributed by atoms with van der Waals surface area (Å²) in [6.07, 6.45) is 1.08. The maximum absolute atomic E-state index is 3.36. The van der Waals surface area contributed by atoms with Gasteiger partial charge in [-0.2, -0.15) is 0 Å². The van der Waals surface area contributed by atoms with Crippen molar-refractivity contribution in [2.45, 2.75) is 26.8 Å². The van der Waals surface area contributed by atoms with Gasteiger partial charge in [0.2, 0.25) is 0 Å². The van der Waals surface area contributed by atoms with E-state index in [1.807, 2.05) is 0 Å². The molecule has 1 rings (SSSR count). The number of hydrogen-bond donors (Lipinski definition) is 1. The number of aryl methyl sites for hydroxylation is 1. The molecule has 0 aliphatic carbocycles. The van der Waals surface area contributed by atoms with Gasteiger partial charge in [-0.25, -0.2) is 0 Å². The molecule has 0 atom stereocenters. The van der Waals surface area contributed by atoms with E-state index < -0.39 is 0 Å². The standard InChI is InChI=1S/C11H15N.V/c1-3-8-12-9-11-6-4-10(2)5-7-11;/h4-7,12H,3,9H2,1-2H3;. The van der Waals surface area contributed by atoms with E-state index in [9.17, 15) is 0 Å². The van der Waals surface area contributed by atoms with Crippen LogP contribution in [0.5, 0.6) is 0 Å². The summed E-state index contributed by atoms with van der Waals surface area (Å²) in [5.74, 6) is 0. The van der Waals surface area contributed by atoms with Gasteiger partial charge in [-0.1, -0.05) is 0 Å². The fourth-order valence-electron chi connectivity index (χ4n) is 1.04. The van der Waals surface area contributed by atoms with Crippen LogP contribution < -0.4 is 5.32 Å². The molecule has 0 bridgehead atoms. The van der Waals surface area contributed by atoms with E-state index in [0.717, 1.165) is 13.0 Å². The number of nitrogens with one attached hydrogen (secondary N) is 1. The van der Waals surface area contributed by atoms with Gasteiger partial charge in [-0.3, -0.25) is 0 Å². The molecule has 1 aromatic rings. The number of benzene rings is 1. The molecule has 0 heterocycles. The molecule has 0 saturated heterocycles. The molecule has 1 aromatic carbocycles. The second kappa shape index (κ2) is 5.38. The van der Waals surface area contributed by atoms with Gasteiger partial charge in [-0.15, -0.1) is 0 Å². The van der Waals surface area contributed by atoms with Crippen LogP contribution >= 0.6 is 0 Å². The molecule has 0 aliphatic heterocycles. The van der Waals surface area contributed by atoms with E-state index >= 15 is 0 Å². The van der Waals surface area contributed by atoms with Crippen molar-refractivity contribution >= 4 is 4.35 Å². The summed E-state index contributed by atoms with van der Waals surface area (Å²) in [6.45, 7) is 5.19. The first-order valence-corrected chi connectivity index (χ1v) is 5.26. The second-order valence-electron chi connectivity index (χ2n) is 3.14. The molecule has 0 fully saturated rings. The quantitative estimate of drug-likeness (QED) is 0.806. The summed E-state index contributed by atoms with van der Waals surface area (Å²) in [5.41, 5.74) is 2.65. The third kappa shape index (κ3) is 3.90. The van der Waals surface area contributed by atoms with E-state index in [4.69, 9.17) is 0 Å². The van der Waals surface area contributed by atoms with E-state index in [2.05, 4.69) is 60.4 Å². The Kier molecular flexibility index (Phi) is 4.44. The van der Waals surface area contributed by atoms with Crippen molar-refractivity contribution in [1.29, 1.82) is 0 Å². The van der Waals surface area contributed by atoms with Crippen LogP contribution in [-0.4, -0.2) is 4.35 Å². The van der Waals surface area contributed by atoms with Crippen LogP contribution in [0.4, 0.5) is 0 Å². The average molecular weight is 212 g/mol. The Bertz CT molecular complexity index is 277. The van der Waals surface area contributed by atoms with E-state index in [1.165, 1.54) is 15.5 Å². The van der Waals surface area contributed by atoms with Crippen LogP contribution in [0.2, 0.25) is 0 Å². The molecule has 0 aromatic heterocycles. The summed E-state index contributed by atoms with van der Waals surface area (Å²) in [7, 11) is 0. The van der Waals surface area contributed by atoms with Crippen LogP contribution in [0.3, 0.4) is 0 Å². The SMILES string of the molecule is CC[C](=[V])NCc1ccc(C)cc1. The third-order valence-corrected chi connectivity index (χ3v) is 2.69. The summed E-state index contributed by atoms with van der Waals surface area (Å²) >= 11 is 2.57. The Hall–Kier alpha value is -0.366. The van der Waals surface area contributed by atoms with Gasteiger partial charge >= 0.3 is 88.9 Å². The van der Waals surface area contributed by atoms with Crippen LogP contribution in [0.15, 0.2) is 24.3 Å². The summed E-state index contributed by atoms with van der Waals surface area (Å²) in [4.78, 5) is 0. The minimum atomic E-state index is 0.929. The van der Waals surface area contributed by atoms with Gasteiger partial charge in [0.1, 0.15) is 0 Å². The molecule has 2 heteroatoms. The molecular weight excluding hydrogens is 197 g/mol. The molecule has 0 spiro atoms. The van der Waals surface area contributed by atoms with Gasteiger partial charge in [0.15, 0.2) is 0 Å². The van der Waals surface area contributed by atoms with Crippen molar-refractivity contribution in [1.82, 2.24) is 5.32 Å². The molecule has 0 unspecified atom stereocenters. The first-order valence-electron chi connectivity index (χ1n) is 4.56. The van der Waals surface area contributed by atoms with Crippen molar-refractivity contribution in [2.24, 2.45) is 0 Å². The van der Waals surface area contributed by atoms with E-state index in [-0.39, 0.29) is 0 Å². The predicted molar refractivity (Wildman–Crippen MR) is 53.3 cm³/mol. The summed E-state index contributed by atoms with van der Waals surface area (Å²) in [6, 6.07) is 8.62. The first kappa shape index (κ1) is 10.7. The van der Waals surface area contributed by atoms with Crippen LogP contribution in [0.1, 0.15) is 24.5 Å². The Morgan fingerprint density at radius 3 is 2.46 bits per heavy atom. The second-order valence-corrected chi connectivity index (χ2v) is 3.98.